The summed E-state index contributed by atoms with van der Waals surface area (Å²) < 4.78 is 6.50. The van der Waals surface area contributed by atoms with Gasteiger partial charge in [-0.15, -0.1) is 0 Å². The number of amides is 1. The van der Waals surface area contributed by atoms with Crippen LogP contribution in [0.15, 0.2) is 40.9 Å². The molecule has 0 bridgehead atoms. The fourth-order valence-corrected chi connectivity index (χ4v) is 3.99. The van der Waals surface area contributed by atoms with E-state index < -0.39 is 0 Å². The Kier molecular flexibility index (Phi) is 6.26. The van der Waals surface area contributed by atoms with Gasteiger partial charge in [-0.1, -0.05) is 49.6 Å². The van der Waals surface area contributed by atoms with Gasteiger partial charge in [-0.3, -0.25) is 4.79 Å². The average molecular weight is 421 g/mol. The zero-order chi connectivity index (χ0) is 17.6. The Morgan fingerprint density at radius 2 is 1.92 bits per heavy atom. The summed E-state index contributed by atoms with van der Waals surface area (Å²) in [6.07, 6.45) is 5.93. The van der Waals surface area contributed by atoms with Gasteiger partial charge in [0.1, 0.15) is 5.75 Å². The maximum Gasteiger partial charge on any atom is 0.264 e. The van der Waals surface area contributed by atoms with Gasteiger partial charge in [-0.2, -0.15) is 0 Å². The van der Waals surface area contributed by atoms with Crippen LogP contribution in [-0.4, -0.2) is 23.7 Å². The molecule has 2 aromatic rings. The van der Waals surface area contributed by atoms with Gasteiger partial charge in [0.05, 0.1) is 4.47 Å². The lowest BCUT2D eigenvalue weighted by molar-refractivity contribution is -0.121. The van der Waals surface area contributed by atoms with Gasteiger partial charge in [-0.05, 0) is 57.8 Å². The molecule has 6 heteroatoms. The molecule has 1 aliphatic carbocycles. The van der Waals surface area contributed by atoms with Gasteiger partial charge >= 0.3 is 0 Å². The molecule has 0 saturated heterocycles. The average Bonchev–Trinajstić information content (AvgIpc) is 2.62. The summed E-state index contributed by atoms with van der Waals surface area (Å²) in [6.45, 7) is -0.0799. The van der Waals surface area contributed by atoms with Crippen molar-refractivity contribution < 1.29 is 9.53 Å². The SMILES string of the molecule is O=C(COc1ccc2ccccc2c1Br)NC(=S)NC1CCCCC1. The van der Waals surface area contributed by atoms with Gasteiger partial charge in [0, 0.05) is 6.04 Å². The van der Waals surface area contributed by atoms with Crippen molar-refractivity contribution in [3.05, 3.63) is 40.9 Å². The van der Waals surface area contributed by atoms with E-state index in [1.807, 2.05) is 36.4 Å². The maximum absolute atomic E-state index is 12.1. The maximum atomic E-state index is 12.1. The van der Waals surface area contributed by atoms with Crippen LogP contribution in [0.1, 0.15) is 32.1 Å². The van der Waals surface area contributed by atoms with Crippen molar-refractivity contribution in [3.8, 4) is 5.75 Å². The van der Waals surface area contributed by atoms with Gasteiger partial charge < -0.3 is 15.4 Å². The molecule has 0 atom stereocenters. The predicted molar refractivity (Wildman–Crippen MR) is 108 cm³/mol. The summed E-state index contributed by atoms with van der Waals surface area (Å²) in [5.41, 5.74) is 0. The molecule has 25 heavy (non-hydrogen) atoms. The number of thiocarbonyl (C=S) groups is 1. The third kappa shape index (κ3) is 4.92. The van der Waals surface area contributed by atoms with Crippen LogP contribution in [0.25, 0.3) is 10.8 Å². The van der Waals surface area contributed by atoms with Crippen molar-refractivity contribution in [3.63, 3.8) is 0 Å². The molecule has 132 valence electrons. The second-order valence-corrected chi connectivity index (χ2v) is 7.45. The number of rotatable bonds is 4. The molecule has 1 saturated carbocycles. The van der Waals surface area contributed by atoms with Gasteiger partial charge in [-0.25, -0.2) is 0 Å². The van der Waals surface area contributed by atoms with Crippen LogP contribution in [0, 0.1) is 0 Å². The molecule has 2 aromatic carbocycles. The van der Waals surface area contributed by atoms with Crippen LogP contribution in [0.2, 0.25) is 0 Å². The number of benzene rings is 2. The number of nitrogens with one attached hydrogen (secondary N) is 2. The van der Waals surface area contributed by atoms with E-state index in [1.165, 1.54) is 19.3 Å². The molecular formula is C19H21BrN2O2S. The molecule has 1 aliphatic rings. The van der Waals surface area contributed by atoms with E-state index in [-0.39, 0.29) is 12.5 Å². The highest BCUT2D eigenvalue weighted by molar-refractivity contribution is 9.10. The second kappa shape index (κ2) is 8.63. The van der Waals surface area contributed by atoms with E-state index in [1.54, 1.807) is 0 Å². The number of fused-ring (bicyclic) bond motifs is 1. The lowest BCUT2D eigenvalue weighted by Gasteiger charge is -2.24. The van der Waals surface area contributed by atoms with Crippen molar-refractivity contribution in [2.45, 2.75) is 38.1 Å². The van der Waals surface area contributed by atoms with E-state index in [4.69, 9.17) is 17.0 Å². The van der Waals surface area contributed by atoms with Crippen molar-refractivity contribution in [2.24, 2.45) is 0 Å². The van der Waals surface area contributed by atoms with E-state index in [0.29, 0.717) is 16.9 Å². The summed E-state index contributed by atoms with van der Waals surface area (Å²) >= 11 is 8.78. The summed E-state index contributed by atoms with van der Waals surface area (Å²) in [7, 11) is 0. The van der Waals surface area contributed by atoms with Crippen LogP contribution in [0.3, 0.4) is 0 Å². The molecule has 2 N–H and O–H groups in total. The first-order chi connectivity index (χ1) is 12.1. The Bertz CT molecular complexity index is 775. The largest absolute Gasteiger partial charge is 0.483 e. The first-order valence-corrected chi connectivity index (χ1v) is 9.74. The van der Waals surface area contributed by atoms with E-state index >= 15 is 0 Å². The Hall–Kier alpha value is -1.66. The topological polar surface area (TPSA) is 50.4 Å². The molecular weight excluding hydrogens is 400 g/mol. The highest BCUT2D eigenvalue weighted by atomic mass is 79.9. The molecule has 0 aliphatic heterocycles. The number of halogens is 1. The standard InChI is InChI=1S/C19H21BrN2O2S/c20-18-15-9-5-4-6-13(15)10-11-16(18)24-12-17(23)22-19(25)21-14-7-2-1-3-8-14/h4-6,9-11,14H,1-3,7-8,12H2,(H2,21,22,23,25). The molecule has 0 unspecified atom stereocenters. The predicted octanol–water partition coefficient (Wildman–Crippen LogP) is 4.30. The lowest BCUT2D eigenvalue weighted by atomic mass is 9.96. The number of carbonyl (C=O) groups is 1. The minimum absolute atomic E-state index is 0.0799. The number of ether oxygens (including phenoxy) is 1. The van der Waals surface area contributed by atoms with Crippen molar-refractivity contribution in [1.29, 1.82) is 0 Å². The van der Waals surface area contributed by atoms with E-state index in [9.17, 15) is 4.79 Å². The van der Waals surface area contributed by atoms with E-state index in [0.717, 1.165) is 28.1 Å². The normalized spacial score (nSPS) is 14.9. The molecule has 0 spiro atoms. The van der Waals surface area contributed by atoms with E-state index in [2.05, 4.69) is 26.6 Å². The number of hydrogen-bond donors (Lipinski definition) is 2. The third-order valence-electron chi connectivity index (χ3n) is 4.38. The highest BCUT2D eigenvalue weighted by Crippen LogP contribution is 2.32. The van der Waals surface area contributed by atoms with Crippen molar-refractivity contribution in [1.82, 2.24) is 10.6 Å². The molecule has 3 rings (SSSR count). The number of carbonyl (C=O) groups excluding carboxylic acids is 1. The van der Waals surface area contributed by atoms with Crippen molar-refractivity contribution >= 4 is 49.9 Å². The first kappa shape index (κ1) is 18.1. The Morgan fingerprint density at radius 3 is 2.72 bits per heavy atom. The second-order valence-electron chi connectivity index (χ2n) is 6.24. The van der Waals surface area contributed by atoms with Crippen LogP contribution >= 0.6 is 28.1 Å². The zero-order valence-electron chi connectivity index (χ0n) is 13.9. The molecule has 0 aromatic heterocycles. The van der Waals surface area contributed by atoms with Crippen LogP contribution in [-0.2, 0) is 4.79 Å². The fraction of sp³-hybridized carbons (Fsp3) is 0.368. The first-order valence-electron chi connectivity index (χ1n) is 8.54. The Labute approximate surface area is 161 Å². The zero-order valence-corrected chi connectivity index (χ0v) is 16.3. The van der Waals surface area contributed by atoms with Crippen LogP contribution < -0.4 is 15.4 Å². The molecule has 0 radical (unpaired) electrons. The minimum atomic E-state index is -0.256. The quantitative estimate of drug-likeness (QED) is 0.723. The highest BCUT2D eigenvalue weighted by Gasteiger charge is 2.15. The molecule has 1 amide bonds. The molecule has 0 heterocycles. The van der Waals surface area contributed by atoms with Crippen LogP contribution in [0.4, 0.5) is 0 Å². The van der Waals surface area contributed by atoms with Crippen molar-refractivity contribution in [2.75, 3.05) is 6.61 Å². The Morgan fingerprint density at radius 1 is 1.16 bits per heavy atom. The smallest absolute Gasteiger partial charge is 0.264 e. The van der Waals surface area contributed by atoms with Gasteiger partial charge in [0.15, 0.2) is 11.7 Å². The lowest BCUT2D eigenvalue weighted by Crippen LogP contribution is -2.46. The fourth-order valence-electron chi connectivity index (χ4n) is 3.10. The summed E-state index contributed by atoms with van der Waals surface area (Å²) in [6, 6.07) is 12.2. The van der Waals surface area contributed by atoms with Gasteiger partial charge in [0.25, 0.3) is 5.91 Å². The summed E-state index contributed by atoms with van der Waals surface area (Å²) in [5.74, 6) is 0.383. The Balaban J connectivity index is 1.52. The number of hydrogen-bond acceptors (Lipinski definition) is 3. The molecule has 1 fully saturated rings. The minimum Gasteiger partial charge on any atom is -0.483 e. The van der Waals surface area contributed by atoms with Gasteiger partial charge in [0.2, 0.25) is 0 Å². The summed E-state index contributed by atoms with van der Waals surface area (Å²) in [5, 5.41) is 8.47. The van der Waals surface area contributed by atoms with Crippen LogP contribution in [0.5, 0.6) is 5.75 Å². The monoisotopic (exact) mass is 420 g/mol. The third-order valence-corrected chi connectivity index (χ3v) is 5.42. The molecule has 4 nitrogen and oxygen atoms in total. The summed E-state index contributed by atoms with van der Waals surface area (Å²) in [4.78, 5) is 12.1.